The number of nitro benzene ring substituents is 1. The van der Waals surface area contributed by atoms with Crippen molar-refractivity contribution in [2.45, 2.75) is 13.8 Å². The molecule has 0 aliphatic carbocycles. The molecule has 0 radical (unpaired) electrons. The number of hydrogen-bond donors (Lipinski definition) is 2. The van der Waals surface area contributed by atoms with Gasteiger partial charge in [-0.1, -0.05) is 6.07 Å². The molecule has 3 N–H and O–H groups in total. The molecule has 0 aliphatic heterocycles. The SMILES string of the molecule is Cc1cc(-c2sc(C(=O)O)c(N)c2C)cc([N+](=O)[O-])c1. The number of anilines is 1. The predicted octanol–water partition coefficient (Wildman–Crippen LogP) is 3.22. The van der Waals surface area contributed by atoms with E-state index < -0.39 is 10.9 Å². The third-order valence-corrected chi connectivity index (χ3v) is 4.27. The largest absolute Gasteiger partial charge is 0.477 e. The van der Waals surface area contributed by atoms with Gasteiger partial charge in [-0.15, -0.1) is 11.3 Å². The van der Waals surface area contributed by atoms with Crippen molar-refractivity contribution in [3.05, 3.63) is 44.3 Å². The summed E-state index contributed by atoms with van der Waals surface area (Å²) in [5.41, 5.74) is 7.93. The summed E-state index contributed by atoms with van der Waals surface area (Å²) in [6, 6.07) is 4.67. The van der Waals surface area contributed by atoms with Crippen LogP contribution in [0.3, 0.4) is 0 Å². The van der Waals surface area contributed by atoms with E-state index in [1.807, 2.05) is 0 Å². The first-order valence-corrected chi connectivity index (χ1v) is 6.51. The number of non-ortho nitro benzene ring substituents is 1. The van der Waals surface area contributed by atoms with E-state index in [1.165, 1.54) is 12.1 Å². The van der Waals surface area contributed by atoms with Crippen LogP contribution < -0.4 is 5.73 Å². The molecule has 20 heavy (non-hydrogen) atoms. The molecule has 1 aromatic carbocycles. The molecule has 0 unspecified atom stereocenters. The summed E-state index contributed by atoms with van der Waals surface area (Å²) in [5.74, 6) is -1.09. The highest BCUT2D eigenvalue weighted by Gasteiger charge is 2.20. The van der Waals surface area contributed by atoms with Crippen molar-refractivity contribution in [2.75, 3.05) is 5.73 Å². The molecule has 0 bridgehead atoms. The molecule has 1 aromatic heterocycles. The molecule has 0 aliphatic rings. The minimum absolute atomic E-state index is 0.0248. The van der Waals surface area contributed by atoms with Crippen LogP contribution in [-0.4, -0.2) is 16.0 Å². The minimum atomic E-state index is -1.09. The first-order chi connectivity index (χ1) is 9.31. The third-order valence-electron chi connectivity index (χ3n) is 2.92. The smallest absolute Gasteiger partial charge is 0.348 e. The number of nitrogens with two attached hydrogens (primary N) is 1. The summed E-state index contributed by atoms with van der Waals surface area (Å²) in [4.78, 5) is 22.2. The Morgan fingerprint density at radius 3 is 2.50 bits per heavy atom. The maximum atomic E-state index is 11.1. The zero-order valence-corrected chi connectivity index (χ0v) is 11.7. The van der Waals surface area contributed by atoms with Crippen LogP contribution in [0.15, 0.2) is 18.2 Å². The first-order valence-electron chi connectivity index (χ1n) is 5.70. The second-order valence-corrected chi connectivity index (χ2v) is 5.44. The average molecular weight is 292 g/mol. The van der Waals surface area contributed by atoms with E-state index in [1.54, 1.807) is 19.9 Å². The highest BCUT2D eigenvalue weighted by Crippen LogP contribution is 2.39. The van der Waals surface area contributed by atoms with Gasteiger partial charge >= 0.3 is 5.97 Å². The van der Waals surface area contributed by atoms with Crippen LogP contribution in [-0.2, 0) is 0 Å². The first kappa shape index (κ1) is 14.0. The molecule has 6 nitrogen and oxygen atoms in total. The topological polar surface area (TPSA) is 106 Å². The average Bonchev–Trinajstić information content (AvgIpc) is 2.65. The van der Waals surface area contributed by atoms with Crippen molar-refractivity contribution in [3.63, 3.8) is 0 Å². The third kappa shape index (κ3) is 2.35. The molecule has 2 rings (SSSR count). The molecule has 2 aromatic rings. The molecule has 7 heteroatoms. The molecule has 1 heterocycles. The van der Waals surface area contributed by atoms with Crippen molar-refractivity contribution in [1.29, 1.82) is 0 Å². The van der Waals surface area contributed by atoms with E-state index in [4.69, 9.17) is 10.8 Å². The molecule has 104 valence electrons. The predicted molar refractivity (Wildman–Crippen MR) is 77.3 cm³/mol. The number of rotatable bonds is 3. The minimum Gasteiger partial charge on any atom is -0.477 e. The summed E-state index contributed by atoms with van der Waals surface area (Å²) in [7, 11) is 0. The fraction of sp³-hybridized carbons (Fsp3) is 0.154. The van der Waals surface area contributed by atoms with Crippen molar-refractivity contribution in [2.24, 2.45) is 0 Å². The van der Waals surface area contributed by atoms with Gasteiger partial charge in [0.1, 0.15) is 4.88 Å². The molecule has 0 saturated heterocycles. The Balaban J connectivity index is 2.66. The maximum Gasteiger partial charge on any atom is 0.348 e. The Labute approximate surface area is 118 Å². The van der Waals surface area contributed by atoms with Crippen molar-refractivity contribution < 1.29 is 14.8 Å². The number of benzene rings is 1. The zero-order valence-electron chi connectivity index (χ0n) is 10.8. The number of carbonyl (C=O) groups is 1. The maximum absolute atomic E-state index is 11.1. The lowest BCUT2D eigenvalue weighted by Crippen LogP contribution is -1.97. The van der Waals surface area contributed by atoms with Crippen LogP contribution in [0.4, 0.5) is 11.4 Å². The van der Waals surface area contributed by atoms with E-state index in [2.05, 4.69) is 0 Å². The van der Waals surface area contributed by atoms with E-state index >= 15 is 0 Å². The Morgan fingerprint density at radius 1 is 1.35 bits per heavy atom. The van der Waals surface area contributed by atoms with Gasteiger partial charge in [-0.2, -0.15) is 0 Å². The molecule has 0 amide bonds. The molecular formula is C13H12N2O4S. The summed E-state index contributed by atoms with van der Waals surface area (Å²) < 4.78 is 0. The standard InChI is InChI=1S/C13H12N2O4S/c1-6-3-8(5-9(4-6)15(18)19)11-7(2)10(14)12(20-11)13(16)17/h3-5H,14H2,1-2H3,(H,16,17). The van der Waals surface area contributed by atoms with Crippen LogP contribution in [0, 0.1) is 24.0 Å². The van der Waals surface area contributed by atoms with Gasteiger partial charge in [0.05, 0.1) is 10.6 Å². The lowest BCUT2D eigenvalue weighted by atomic mass is 10.1. The van der Waals surface area contributed by atoms with E-state index in [0.717, 1.165) is 16.9 Å². The van der Waals surface area contributed by atoms with Gasteiger partial charge in [0.2, 0.25) is 0 Å². The second kappa shape index (κ2) is 4.93. The van der Waals surface area contributed by atoms with Gasteiger partial charge in [-0.3, -0.25) is 10.1 Å². The van der Waals surface area contributed by atoms with Gasteiger partial charge in [0.15, 0.2) is 0 Å². The number of nitrogens with zero attached hydrogens (tertiary/aromatic N) is 1. The van der Waals surface area contributed by atoms with Crippen molar-refractivity contribution >= 4 is 28.7 Å². The Kier molecular flexibility index (Phi) is 3.46. The van der Waals surface area contributed by atoms with E-state index in [-0.39, 0.29) is 16.3 Å². The Bertz CT molecular complexity index is 721. The molecule has 0 spiro atoms. The summed E-state index contributed by atoms with van der Waals surface area (Å²) in [5, 5.41) is 20.0. The van der Waals surface area contributed by atoms with Gasteiger partial charge in [0, 0.05) is 17.0 Å². The van der Waals surface area contributed by atoms with Crippen LogP contribution in [0.2, 0.25) is 0 Å². The van der Waals surface area contributed by atoms with Gasteiger partial charge in [-0.05, 0) is 30.5 Å². The Hall–Kier alpha value is -2.41. The number of hydrogen-bond acceptors (Lipinski definition) is 5. The molecule has 0 saturated carbocycles. The number of nitrogen functional groups attached to an aromatic ring is 1. The molecule has 0 fully saturated rings. The summed E-state index contributed by atoms with van der Waals surface area (Å²) in [6.45, 7) is 3.46. The van der Waals surface area contributed by atoms with Crippen LogP contribution in [0.25, 0.3) is 10.4 Å². The highest BCUT2D eigenvalue weighted by molar-refractivity contribution is 7.18. The normalized spacial score (nSPS) is 10.5. The van der Waals surface area contributed by atoms with Gasteiger partial charge in [0.25, 0.3) is 5.69 Å². The molecular weight excluding hydrogens is 280 g/mol. The number of aryl methyl sites for hydroxylation is 1. The van der Waals surface area contributed by atoms with Crippen LogP contribution in [0.5, 0.6) is 0 Å². The highest BCUT2D eigenvalue weighted by atomic mass is 32.1. The number of thiophene rings is 1. The number of carboxylic acids is 1. The van der Waals surface area contributed by atoms with Gasteiger partial charge < -0.3 is 10.8 Å². The van der Waals surface area contributed by atoms with Crippen LogP contribution in [0.1, 0.15) is 20.8 Å². The fourth-order valence-electron chi connectivity index (χ4n) is 1.96. The monoisotopic (exact) mass is 292 g/mol. The summed E-state index contributed by atoms with van der Waals surface area (Å²) >= 11 is 1.03. The number of nitro groups is 1. The zero-order chi connectivity index (χ0) is 15.0. The number of aromatic carboxylic acids is 1. The van der Waals surface area contributed by atoms with Gasteiger partial charge in [-0.25, -0.2) is 4.79 Å². The van der Waals surface area contributed by atoms with E-state index in [9.17, 15) is 14.9 Å². The van der Waals surface area contributed by atoms with E-state index in [0.29, 0.717) is 16.0 Å². The molecule has 0 atom stereocenters. The van der Waals surface area contributed by atoms with Crippen LogP contribution >= 0.6 is 11.3 Å². The lowest BCUT2D eigenvalue weighted by Gasteiger charge is -2.02. The van der Waals surface area contributed by atoms with Crippen molar-refractivity contribution in [1.82, 2.24) is 0 Å². The fourth-order valence-corrected chi connectivity index (χ4v) is 3.01. The second-order valence-electron chi connectivity index (χ2n) is 4.42. The lowest BCUT2D eigenvalue weighted by molar-refractivity contribution is -0.384. The quantitative estimate of drug-likeness (QED) is 0.667. The number of carboxylic acid groups (broad SMARTS) is 1. The Morgan fingerprint density at radius 2 is 2.00 bits per heavy atom. The summed E-state index contributed by atoms with van der Waals surface area (Å²) in [6.07, 6.45) is 0. The van der Waals surface area contributed by atoms with Crippen molar-refractivity contribution in [3.8, 4) is 10.4 Å².